The van der Waals surface area contributed by atoms with Gasteiger partial charge >= 0.3 is 0 Å². The van der Waals surface area contributed by atoms with Crippen LogP contribution in [-0.4, -0.2) is 88.7 Å². The minimum absolute atomic E-state index is 0.0160. The normalized spacial score (nSPS) is 21.4. The Balaban J connectivity index is 1.44. The second-order valence-electron chi connectivity index (χ2n) is 10.2. The summed E-state index contributed by atoms with van der Waals surface area (Å²) >= 11 is 7.58. The third kappa shape index (κ3) is 8.79. The van der Waals surface area contributed by atoms with Crippen molar-refractivity contribution in [3.63, 3.8) is 0 Å². The molecule has 0 saturated carbocycles. The Bertz CT molecular complexity index is 857. The Kier molecular flexibility index (Phi) is 10.9. The first kappa shape index (κ1) is 28.0. The Morgan fingerprint density at radius 1 is 1.17 bits per heavy atom. The van der Waals surface area contributed by atoms with Gasteiger partial charge in [-0.2, -0.15) is 0 Å². The van der Waals surface area contributed by atoms with E-state index >= 15 is 0 Å². The zero-order valence-corrected chi connectivity index (χ0v) is 23.2. The summed E-state index contributed by atoms with van der Waals surface area (Å²) in [5.74, 6) is 1.54. The summed E-state index contributed by atoms with van der Waals surface area (Å²) in [6.45, 7) is 13.4. The standard InChI is InChI=1S/C25H41ClN6O2S/c1-18(2)14-24(34)32-13-12-31(16-20(32)4)22-15-21(26)28-25(29-22)35-17-23(33)27-9-7-11-30-10-6-5-8-19(30)3/h15,18-20H,5-14,16-17H2,1-4H3,(H,27,33). The van der Waals surface area contributed by atoms with Gasteiger partial charge in [0, 0.05) is 57.3 Å². The minimum Gasteiger partial charge on any atom is -0.355 e. The molecule has 8 nitrogen and oxygen atoms in total. The Morgan fingerprint density at radius 2 is 1.97 bits per heavy atom. The van der Waals surface area contributed by atoms with Gasteiger partial charge in [0.15, 0.2) is 5.16 Å². The maximum absolute atomic E-state index is 12.5. The zero-order chi connectivity index (χ0) is 25.4. The average molecular weight is 525 g/mol. The maximum atomic E-state index is 12.5. The number of aromatic nitrogens is 2. The third-order valence-electron chi connectivity index (χ3n) is 6.73. The lowest BCUT2D eigenvalue weighted by atomic mass is 10.0. The molecule has 35 heavy (non-hydrogen) atoms. The fraction of sp³-hybridized carbons (Fsp3) is 0.760. The summed E-state index contributed by atoms with van der Waals surface area (Å²) in [7, 11) is 0. The topological polar surface area (TPSA) is 81.7 Å². The van der Waals surface area contributed by atoms with Gasteiger partial charge in [0.05, 0.1) is 5.75 Å². The van der Waals surface area contributed by atoms with Crippen LogP contribution in [0.5, 0.6) is 0 Å². The van der Waals surface area contributed by atoms with Crippen LogP contribution in [0.4, 0.5) is 5.82 Å². The molecule has 3 rings (SSSR count). The highest BCUT2D eigenvalue weighted by atomic mass is 35.5. The van der Waals surface area contributed by atoms with Gasteiger partial charge in [-0.1, -0.05) is 43.6 Å². The fourth-order valence-electron chi connectivity index (χ4n) is 4.80. The van der Waals surface area contributed by atoms with Gasteiger partial charge in [-0.05, 0) is 45.6 Å². The Morgan fingerprint density at radius 3 is 2.69 bits per heavy atom. The molecule has 1 aromatic heterocycles. The second-order valence-corrected chi connectivity index (χ2v) is 11.5. The number of carbonyl (C=O) groups excluding carboxylic acids is 2. The summed E-state index contributed by atoms with van der Waals surface area (Å²) in [5.41, 5.74) is 0. The van der Waals surface area contributed by atoms with E-state index < -0.39 is 0 Å². The molecule has 0 aliphatic carbocycles. The van der Waals surface area contributed by atoms with Crippen LogP contribution in [0.2, 0.25) is 5.15 Å². The number of nitrogens with one attached hydrogen (secondary N) is 1. The van der Waals surface area contributed by atoms with Gasteiger partial charge in [-0.3, -0.25) is 9.59 Å². The molecule has 2 amide bonds. The molecule has 0 bridgehead atoms. The van der Waals surface area contributed by atoms with Gasteiger partial charge in [0.25, 0.3) is 0 Å². The number of hydrogen-bond acceptors (Lipinski definition) is 7. The Hall–Kier alpha value is -1.58. The highest BCUT2D eigenvalue weighted by Gasteiger charge is 2.28. The van der Waals surface area contributed by atoms with Crippen LogP contribution in [0.25, 0.3) is 0 Å². The number of halogens is 1. The summed E-state index contributed by atoms with van der Waals surface area (Å²) in [6, 6.07) is 2.50. The van der Waals surface area contributed by atoms with Gasteiger partial charge in [0.1, 0.15) is 11.0 Å². The summed E-state index contributed by atoms with van der Waals surface area (Å²) in [4.78, 5) is 40.4. The molecular weight excluding hydrogens is 484 g/mol. The van der Waals surface area contributed by atoms with Crippen LogP contribution < -0.4 is 10.2 Å². The zero-order valence-electron chi connectivity index (χ0n) is 21.6. The molecule has 2 aliphatic rings. The van der Waals surface area contributed by atoms with Gasteiger partial charge in [0.2, 0.25) is 11.8 Å². The number of thioether (sulfide) groups is 1. The lowest BCUT2D eigenvalue weighted by Gasteiger charge is -2.40. The van der Waals surface area contributed by atoms with E-state index in [1.165, 1.54) is 37.6 Å². The quantitative estimate of drug-likeness (QED) is 0.216. The molecule has 196 valence electrons. The second kappa shape index (κ2) is 13.7. The van der Waals surface area contributed by atoms with E-state index in [4.69, 9.17) is 11.6 Å². The van der Waals surface area contributed by atoms with E-state index in [0.29, 0.717) is 54.9 Å². The molecule has 2 atom stereocenters. The molecule has 3 heterocycles. The molecule has 2 unspecified atom stereocenters. The van der Waals surface area contributed by atoms with E-state index in [0.717, 1.165) is 18.8 Å². The van der Waals surface area contributed by atoms with Crippen LogP contribution >= 0.6 is 23.4 Å². The smallest absolute Gasteiger partial charge is 0.230 e. The van der Waals surface area contributed by atoms with Crippen LogP contribution in [0.1, 0.15) is 59.8 Å². The summed E-state index contributed by atoms with van der Waals surface area (Å²) < 4.78 is 0. The molecule has 0 aromatic carbocycles. The predicted molar refractivity (Wildman–Crippen MR) is 143 cm³/mol. The molecule has 1 N–H and O–H groups in total. The molecule has 0 spiro atoms. The van der Waals surface area contributed by atoms with Crippen LogP contribution in [0, 0.1) is 5.92 Å². The monoisotopic (exact) mass is 524 g/mol. The molecule has 1 aromatic rings. The Labute approximate surface area is 219 Å². The first-order valence-electron chi connectivity index (χ1n) is 13.0. The number of likely N-dealkylation sites (tertiary alicyclic amines) is 1. The average Bonchev–Trinajstić information content (AvgIpc) is 2.80. The van der Waals surface area contributed by atoms with Crippen molar-refractivity contribution in [1.29, 1.82) is 0 Å². The fourth-order valence-corrected chi connectivity index (χ4v) is 5.71. The van der Waals surface area contributed by atoms with E-state index in [1.54, 1.807) is 6.07 Å². The van der Waals surface area contributed by atoms with E-state index in [-0.39, 0.29) is 23.6 Å². The predicted octanol–water partition coefficient (Wildman–Crippen LogP) is 3.69. The lowest BCUT2D eigenvalue weighted by molar-refractivity contribution is -0.134. The summed E-state index contributed by atoms with van der Waals surface area (Å²) in [5, 5.41) is 3.87. The van der Waals surface area contributed by atoms with Gasteiger partial charge < -0.3 is 20.0 Å². The third-order valence-corrected chi connectivity index (χ3v) is 7.77. The first-order valence-corrected chi connectivity index (χ1v) is 14.3. The van der Waals surface area contributed by atoms with Crippen molar-refractivity contribution in [3.8, 4) is 0 Å². The number of piperidine rings is 1. The SMILES string of the molecule is CC(C)CC(=O)N1CCN(c2cc(Cl)nc(SCC(=O)NCCCN3CCCCC3C)n2)CC1C. The van der Waals surface area contributed by atoms with Crippen molar-refractivity contribution < 1.29 is 9.59 Å². The van der Waals surface area contributed by atoms with Crippen LogP contribution in [-0.2, 0) is 9.59 Å². The van der Waals surface area contributed by atoms with Crippen LogP contribution in [0.15, 0.2) is 11.2 Å². The summed E-state index contributed by atoms with van der Waals surface area (Å²) in [6.07, 6.45) is 5.41. The molecule has 2 aliphatic heterocycles. The highest BCUT2D eigenvalue weighted by molar-refractivity contribution is 7.99. The first-order chi connectivity index (χ1) is 16.7. The van der Waals surface area contributed by atoms with E-state index in [9.17, 15) is 9.59 Å². The molecular formula is C25H41ClN6O2S. The van der Waals surface area contributed by atoms with Crippen LogP contribution in [0.3, 0.4) is 0 Å². The van der Waals surface area contributed by atoms with E-state index in [1.807, 2.05) is 4.90 Å². The van der Waals surface area contributed by atoms with Gasteiger partial charge in [-0.25, -0.2) is 9.97 Å². The molecule has 2 fully saturated rings. The number of hydrogen-bond donors (Lipinski definition) is 1. The molecule has 10 heteroatoms. The number of rotatable bonds is 10. The van der Waals surface area contributed by atoms with E-state index in [2.05, 4.69) is 52.8 Å². The van der Waals surface area contributed by atoms with Crippen molar-refractivity contribution in [2.75, 3.05) is 49.9 Å². The highest BCUT2D eigenvalue weighted by Crippen LogP contribution is 2.24. The number of carbonyl (C=O) groups is 2. The number of amides is 2. The largest absolute Gasteiger partial charge is 0.355 e. The number of anilines is 1. The minimum atomic E-state index is -0.0160. The number of nitrogens with zero attached hydrogens (tertiary/aromatic N) is 5. The van der Waals surface area contributed by atoms with Crippen molar-refractivity contribution >= 4 is 41.0 Å². The lowest BCUT2D eigenvalue weighted by Crippen LogP contribution is -2.54. The van der Waals surface area contributed by atoms with Crippen molar-refractivity contribution in [2.45, 2.75) is 77.0 Å². The molecule has 2 saturated heterocycles. The number of piperazine rings is 1. The van der Waals surface area contributed by atoms with Crippen molar-refractivity contribution in [3.05, 3.63) is 11.2 Å². The van der Waals surface area contributed by atoms with Crippen molar-refractivity contribution in [2.24, 2.45) is 5.92 Å². The van der Waals surface area contributed by atoms with Gasteiger partial charge in [-0.15, -0.1) is 0 Å². The molecule has 0 radical (unpaired) electrons. The maximum Gasteiger partial charge on any atom is 0.230 e. The van der Waals surface area contributed by atoms with Crippen molar-refractivity contribution in [1.82, 2.24) is 25.1 Å².